The molecule has 11 nitrogen and oxygen atoms in total. The van der Waals surface area contributed by atoms with Crippen molar-refractivity contribution in [2.45, 2.75) is 45.4 Å². The molecule has 0 aromatic heterocycles. The normalized spacial score (nSPS) is 31.0. The Kier molecular flexibility index (Phi) is 7.77. The van der Waals surface area contributed by atoms with Gasteiger partial charge in [0.25, 0.3) is 11.4 Å². The fourth-order valence-corrected chi connectivity index (χ4v) is 9.34. The molecule has 2 bridgehead atoms. The maximum absolute atomic E-state index is 14.5. The number of fused-ring (bicyclic) bond motifs is 3. The zero-order valence-corrected chi connectivity index (χ0v) is 26.2. The molecule has 2 aromatic rings. The highest BCUT2D eigenvalue weighted by Gasteiger charge is 2.71. The van der Waals surface area contributed by atoms with Crippen LogP contribution in [0, 0.1) is 54.2 Å². The van der Waals surface area contributed by atoms with Gasteiger partial charge in [-0.05, 0) is 84.9 Å². The fraction of sp³-hybridized carbons (Fsp3) is 0.417. The van der Waals surface area contributed by atoms with Crippen LogP contribution in [0.25, 0.3) is 0 Å². The largest absolute Gasteiger partial charge is 0.461 e. The van der Waals surface area contributed by atoms with E-state index in [0.717, 1.165) is 17.6 Å². The molecular weight excluding hydrogens is 604 g/mol. The number of allylic oxidation sites excluding steroid dienone is 3. The van der Waals surface area contributed by atoms with Crippen LogP contribution in [-0.2, 0) is 14.3 Å². The van der Waals surface area contributed by atoms with Crippen LogP contribution in [0.2, 0.25) is 0 Å². The third-order valence-corrected chi connectivity index (χ3v) is 11.5. The standard InChI is InChI=1S/C36H36N2O9/c1-21-23(3)36-17-14-26(21)18-29(36)35(20-47-33(41)25-8-12-28(13-9-25)38(44)45)16-5-15-34(4,30(35)22(2)31(36)39)19-46-32(40)24-6-10-27(11-7-24)37(42)43/h6-13,26,29-30H,1-3,5,14-20H2,4H3/t26-,29?,30?,34-,35+,36+/m0/s1. The molecule has 1 spiro atoms. The number of non-ortho nitro benzene ring substituents is 2. The van der Waals surface area contributed by atoms with Crippen LogP contribution in [0.3, 0.4) is 0 Å². The van der Waals surface area contributed by atoms with Gasteiger partial charge in [-0.1, -0.05) is 33.1 Å². The van der Waals surface area contributed by atoms with Crippen LogP contribution < -0.4 is 0 Å². The van der Waals surface area contributed by atoms with E-state index in [4.69, 9.17) is 9.47 Å². The van der Waals surface area contributed by atoms with Crippen molar-refractivity contribution < 1.29 is 33.7 Å². The first-order chi connectivity index (χ1) is 22.2. The number of ketones is 1. The average Bonchev–Trinajstić information content (AvgIpc) is 3.07. The summed E-state index contributed by atoms with van der Waals surface area (Å²) in [4.78, 5) is 62.2. The van der Waals surface area contributed by atoms with Crippen molar-refractivity contribution in [2.75, 3.05) is 13.2 Å². The van der Waals surface area contributed by atoms with E-state index in [-0.39, 0.29) is 53.3 Å². The van der Waals surface area contributed by atoms with Crippen molar-refractivity contribution in [1.29, 1.82) is 0 Å². The molecule has 0 N–H and O–H groups in total. The number of benzene rings is 2. The van der Waals surface area contributed by atoms with E-state index in [1.54, 1.807) is 0 Å². The van der Waals surface area contributed by atoms with Crippen molar-refractivity contribution in [3.05, 3.63) is 116 Å². The predicted octanol–water partition coefficient (Wildman–Crippen LogP) is 6.98. The third-order valence-electron chi connectivity index (χ3n) is 11.5. The summed E-state index contributed by atoms with van der Waals surface area (Å²) in [5.41, 5.74) is -0.346. The Morgan fingerprint density at radius 2 is 1.36 bits per heavy atom. The number of hydrogen-bond acceptors (Lipinski definition) is 9. The van der Waals surface area contributed by atoms with Crippen LogP contribution in [0.15, 0.2) is 85.0 Å². The molecule has 6 atom stereocenters. The Balaban J connectivity index is 1.35. The van der Waals surface area contributed by atoms with Crippen molar-refractivity contribution in [3.63, 3.8) is 0 Å². The quantitative estimate of drug-likeness (QED) is 0.129. The lowest BCUT2D eigenvalue weighted by molar-refractivity contribution is -0.385. The molecule has 5 fully saturated rings. The Morgan fingerprint density at radius 3 is 1.89 bits per heavy atom. The van der Waals surface area contributed by atoms with Crippen molar-refractivity contribution >= 4 is 29.1 Å². The van der Waals surface area contributed by atoms with Crippen LogP contribution in [0.4, 0.5) is 11.4 Å². The van der Waals surface area contributed by atoms with Gasteiger partial charge in [0.1, 0.15) is 0 Å². The number of rotatable bonds is 8. The summed E-state index contributed by atoms with van der Waals surface area (Å²) in [5.74, 6) is -1.93. The second-order valence-electron chi connectivity index (χ2n) is 13.8. The molecule has 11 heteroatoms. The van der Waals surface area contributed by atoms with Gasteiger partial charge in [0.15, 0.2) is 5.78 Å². The number of carbonyl (C=O) groups excluding carboxylic acids is 3. The van der Waals surface area contributed by atoms with Crippen LogP contribution in [0.1, 0.15) is 66.2 Å². The van der Waals surface area contributed by atoms with Crippen LogP contribution in [-0.4, -0.2) is 40.8 Å². The molecule has 0 aliphatic heterocycles. The predicted molar refractivity (Wildman–Crippen MR) is 170 cm³/mol. The topological polar surface area (TPSA) is 156 Å². The lowest BCUT2D eigenvalue weighted by Crippen LogP contribution is -2.67. The van der Waals surface area contributed by atoms with Crippen LogP contribution in [0.5, 0.6) is 0 Å². The highest BCUT2D eigenvalue weighted by molar-refractivity contribution is 6.04. The zero-order valence-electron chi connectivity index (χ0n) is 26.2. The number of esters is 2. The molecule has 0 saturated heterocycles. The molecule has 2 aromatic carbocycles. The Bertz CT molecular complexity index is 1750. The van der Waals surface area contributed by atoms with Gasteiger partial charge in [0, 0.05) is 41.0 Å². The summed E-state index contributed by atoms with van der Waals surface area (Å²) in [6, 6.07) is 10.4. The number of carbonyl (C=O) groups is 3. The Labute approximate surface area is 271 Å². The number of nitro benzene ring substituents is 2. The third kappa shape index (κ3) is 4.90. The van der Waals surface area contributed by atoms with Gasteiger partial charge in [0.05, 0.1) is 39.6 Å². The van der Waals surface area contributed by atoms with Gasteiger partial charge >= 0.3 is 11.9 Å². The average molecular weight is 641 g/mol. The molecule has 47 heavy (non-hydrogen) atoms. The molecule has 0 amide bonds. The first-order valence-corrected chi connectivity index (χ1v) is 15.7. The number of hydrogen-bond donors (Lipinski definition) is 0. The first-order valence-electron chi connectivity index (χ1n) is 15.7. The van der Waals surface area contributed by atoms with Gasteiger partial charge in [-0.15, -0.1) is 0 Å². The van der Waals surface area contributed by atoms with E-state index in [0.29, 0.717) is 37.7 Å². The van der Waals surface area contributed by atoms with E-state index in [9.17, 15) is 34.6 Å². The second-order valence-corrected chi connectivity index (χ2v) is 13.8. The molecular formula is C36H36N2O9. The molecule has 0 heterocycles. The van der Waals surface area contributed by atoms with E-state index >= 15 is 0 Å². The van der Waals surface area contributed by atoms with E-state index in [1.165, 1.54) is 48.5 Å². The van der Waals surface area contributed by atoms with Crippen molar-refractivity contribution in [2.24, 2.45) is 34.0 Å². The minimum Gasteiger partial charge on any atom is -0.461 e. The maximum Gasteiger partial charge on any atom is 0.338 e. The summed E-state index contributed by atoms with van der Waals surface area (Å²) in [7, 11) is 0. The van der Waals surface area contributed by atoms with Gasteiger partial charge in [-0.2, -0.15) is 0 Å². The van der Waals surface area contributed by atoms with Gasteiger partial charge in [-0.25, -0.2) is 9.59 Å². The van der Waals surface area contributed by atoms with Crippen molar-refractivity contribution in [1.82, 2.24) is 0 Å². The number of nitro groups is 2. The Morgan fingerprint density at radius 1 is 0.830 bits per heavy atom. The highest BCUT2D eigenvalue weighted by Crippen LogP contribution is 2.73. The van der Waals surface area contributed by atoms with Gasteiger partial charge < -0.3 is 9.47 Å². The number of ether oxygens (including phenoxy) is 2. The lowest BCUT2D eigenvalue weighted by atomic mass is 9.34. The highest BCUT2D eigenvalue weighted by atomic mass is 16.6. The minimum absolute atomic E-state index is 0.0232. The number of Topliss-reactive ketones (excluding diaryl/α,β-unsaturated/α-hetero) is 1. The molecule has 7 rings (SSSR count). The monoisotopic (exact) mass is 640 g/mol. The van der Waals surface area contributed by atoms with Gasteiger partial charge in [0.2, 0.25) is 0 Å². The number of nitrogens with zero attached hydrogens (tertiary/aromatic N) is 2. The SMILES string of the molecule is C=C1C(=O)[C@@]23CC[C@@H](CC2[C@]2(COC(=O)c4ccc([N+](=O)[O-])cc4)CCC[C@@](C)(COC(=O)c4ccc([N+](=O)[O-])cc4)C12)C(=C)C3=C. The lowest BCUT2D eigenvalue weighted by Gasteiger charge is -2.68. The summed E-state index contributed by atoms with van der Waals surface area (Å²) in [6.07, 6.45) is 4.06. The smallest absolute Gasteiger partial charge is 0.338 e. The maximum atomic E-state index is 14.5. The molecule has 5 aliphatic rings. The zero-order chi connectivity index (χ0) is 33.9. The molecule has 5 aliphatic carbocycles. The van der Waals surface area contributed by atoms with Crippen LogP contribution >= 0.6 is 0 Å². The molecule has 0 radical (unpaired) electrons. The van der Waals surface area contributed by atoms with E-state index in [1.807, 2.05) is 6.92 Å². The minimum atomic E-state index is -0.910. The van der Waals surface area contributed by atoms with E-state index in [2.05, 4.69) is 19.7 Å². The summed E-state index contributed by atoms with van der Waals surface area (Å²) < 4.78 is 11.9. The van der Waals surface area contributed by atoms with Crippen molar-refractivity contribution in [3.8, 4) is 0 Å². The summed E-state index contributed by atoms with van der Waals surface area (Å²) >= 11 is 0. The molecule has 5 saturated carbocycles. The molecule has 244 valence electrons. The summed E-state index contributed by atoms with van der Waals surface area (Å²) in [6.45, 7) is 15.0. The van der Waals surface area contributed by atoms with Gasteiger partial charge in [-0.3, -0.25) is 25.0 Å². The first kappa shape index (κ1) is 32.0. The fourth-order valence-electron chi connectivity index (χ4n) is 9.34. The Hall–Kier alpha value is -4.93. The summed E-state index contributed by atoms with van der Waals surface area (Å²) in [5, 5.41) is 22.2. The molecule has 2 unspecified atom stereocenters. The second kappa shape index (κ2) is 11.4. The van der Waals surface area contributed by atoms with E-state index < -0.39 is 43.9 Å².